The minimum absolute atomic E-state index is 0.521. The van der Waals surface area contributed by atoms with Crippen LogP contribution in [0.3, 0.4) is 0 Å². The van der Waals surface area contributed by atoms with Gasteiger partial charge in [-0.05, 0) is 26.8 Å². The van der Waals surface area contributed by atoms with E-state index in [4.69, 9.17) is 4.74 Å². The zero-order chi connectivity index (χ0) is 12.3. The number of ether oxygens (including phenoxy) is 1. The number of nitrogens with zero attached hydrogens (tertiary/aromatic N) is 1. The van der Waals surface area contributed by atoms with E-state index in [0.717, 1.165) is 26.2 Å². The molecule has 1 fully saturated rings. The fourth-order valence-corrected chi connectivity index (χ4v) is 3.34. The molecule has 2 unspecified atom stereocenters. The molecular weight excluding hydrogens is 232 g/mol. The molecule has 0 radical (unpaired) electrons. The fraction of sp³-hybridized carbons (Fsp3) is 0.769. The van der Waals surface area contributed by atoms with Crippen molar-refractivity contribution in [1.82, 2.24) is 10.3 Å². The Morgan fingerprint density at radius 3 is 2.88 bits per heavy atom. The standard InChI is InChI=1S/C13H22N2OS/c1-4-14-12(11-5-6-16-8-11)7-13-15-9(2)10(3)17-13/h11-12,14H,4-8H2,1-3H3. The Morgan fingerprint density at radius 1 is 1.53 bits per heavy atom. The van der Waals surface area contributed by atoms with Crippen LogP contribution in [0.5, 0.6) is 0 Å². The van der Waals surface area contributed by atoms with Gasteiger partial charge < -0.3 is 10.1 Å². The van der Waals surface area contributed by atoms with E-state index in [-0.39, 0.29) is 0 Å². The molecule has 2 rings (SSSR count). The smallest absolute Gasteiger partial charge is 0.0946 e. The summed E-state index contributed by atoms with van der Waals surface area (Å²) in [6.45, 7) is 9.25. The molecule has 2 heterocycles. The van der Waals surface area contributed by atoms with Crippen LogP contribution in [0.15, 0.2) is 0 Å². The summed E-state index contributed by atoms with van der Waals surface area (Å²) < 4.78 is 5.49. The quantitative estimate of drug-likeness (QED) is 0.875. The molecule has 17 heavy (non-hydrogen) atoms. The topological polar surface area (TPSA) is 34.2 Å². The Morgan fingerprint density at radius 2 is 2.35 bits per heavy atom. The Balaban J connectivity index is 2.01. The molecule has 0 aromatic carbocycles. The van der Waals surface area contributed by atoms with Gasteiger partial charge >= 0.3 is 0 Å². The van der Waals surface area contributed by atoms with Crippen LogP contribution in [-0.4, -0.2) is 30.8 Å². The first-order chi connectivity index (χ1) is 8.20. The van der Waals surface area contributed by atoms with Gasteiger partial charge in [-0.15, -0.1) is 11.3 Å². The summed E-state index contributed by atoms with van der Waals surface area (Å²) in [6.07, 6.45) is 2.22. The average molecular weight is 254 g/mol. The van der Waals surface area contributed by atoms with Gasteiger partial charge in [-0.25, -0.2) is 4.98 Å². The maximum atomic E-state index is 5.49. The SMILES string of the molecule is CCNC(Cc1nc(C)c(C)s1)C1CCOC1. The molecule has 0 spiro atoms. The summed E-state index contributed by atoms with van der Waals surface area (Å²) in [5, 5.41) is 4.85. The van der Waals surface area contributed by atoms with Gasteiger partial charge in [-0.3, -0.25) is 0 Å². The lowest BCUT2D eigenvalue weighted by Crippen LogP contribution is -2.38. The predicted molar refractivity (Wildman–Crippen MR) is 71.7 cm³/mol. The minimum Gasteiger partial charge on any atom is -0.381 e. The number of aryl methyl sites for hydroxylation is 2. The van der Waals surface area contributed by atoms with Crippen LogP contribution >= 0.6 is 11.3 Å². The fourth-order valence-electron chi connectivity index (χ4n) is 2.35. The van der Waals surface area contributed by atoms with E-state index in [1.54, 1.807) is 0 Å². The predicted octanol–water partition coefficient (Wildman–Crippen LogP) is 2.32. The first kappa shape index (κ1) is 13.0. The van der Waals surface area contributed by atoms with Crippen LogP contribution in [0.2, 0.25) is 0 Å². The number of hydrogen-bond donors (Lipinski definition) is 1. The van der Waals surface area contributed by atoms with Crippen molar-refractivity contribution >= 4 is 11.3 Å². The highest BCUT2D eigenvalue weighted by Gasteiger charge is 2.26. The van der Waals surface area contributed by atoms with E-state index >= 15 is 0 Å². The molecule has 2 atom stereocenters. The van der Waals surface area contributed by atoms with Crippen molar-refractivity contribution in [3.63, 3.8) is 0 Å². The maximum absolute atomic E-state index is 5.49. The number of hydrogen-bond acceptors (Lipinski definition) is 4. The summed E-state index contributed by atoms with van der Waals surface area (Å²) in [5.41, 5.74) is 1.18. The van der Waals surface area contributed by atoms with E-state index in [1.165, 1.54) is 22.0 Å². The Bertz CT molecular complexity index is 339. The summed E-state index contributed by atoms with van der Waals surface area (Å²) in [5.74, 6) is 0.652. The third-order valence-corrected chi connectivity index (χ3v) is 4.56. The van der Waals surface area contributed by atoms with Crippen molar-refractivity contribution in [1.29, 1.82) is 0 Å². The van der Waals surface area contributed by atoms with Gasteiger partial charge in [0.15, 0.2) is 0 Å². The molecule has 0 bridgehead atoms. The van der Waals surface area contributed by atoms with Crippen LogP contribution in [0, 0.1) is 19.8 Å². The largest absolute Gasteiger partial charge is 0.381 e. The van der Waals surface area contributed by atoms with Crippen LogP contribution in [-0.2, 0) is 11.2 Å². The van der Waals surface area contributed by atoms with Crippen LogP contribution in [0.4, 0.5) is 0 Å². The Hall–Kier alpha value is -0.450. The molecule has 96 valence electrons. The number of nitrogens with one attached hydrogen (secondary N) is 1. The molecule has 3 nitrogen and oxygen atoms in total. The maximum Gasteiger partial charge on any atom is 0.0946 e. The van der Waals surface area contributed by atoms with Crippen molar-refractivity contribution in [2.45, 2.75) is 39.7 Å². The van der Waals surface area contributed by atoms with Crippen molar-refractivity contribution in [3.05, 3.63) is 15.6 Å². The second-order valence-corrected chi connectivity index (χ2v) is 6.03. The first-order valence-corrected chi connectivity index (χ1v) is 7.26. The molecule has 1 aliphatic heterocycles. The summed E-state index contributed by atoms with van der Waals surface area (Å²) >= 11 is 1.84. The molecule has 1 saturated heterocycles. The van der Waals surface area contributed by atoms with Gasteiger partial charge in [0, 0.05) is 29.9 Å². The molecule has 1 N–H and O–H groups in total. The third-order valence-electron chi connectivity index (χ3n) is 3.47. The molecule has 0 saturated carbocycles. The number of aromatic nitrogens is 1. The Kier molecular flexibility index (Phi) is 4.54. The molecule has 1 aliphatic rings. The van der Waals surface area contributed by atoms with E-state index in [0.29, 0.717) is 12.0 Å². The first-order valence-electron chi connectivity index (χ1n) is 6.44. The highest BCUT2D eigenvalue weighted by atomic mass is 32.1. The lowest BCUT2D eigenvalue weighted by Gasteiger charge is -2.22. The number of thiazole rings is 1. The van der Waals surface area contributed by atoms with Gasteiger partial charge in [0.25, 0.3) is 0 Å². The van der Waals surface area contributed by atoms with Crippen molar-refractivity contribution in [3.8, 4) is 0 Å². The van der Waals surface area contributed by atoms with Gasteiger partial charge in [0.2, 0.25) is 0 Å². The second-order valence-electron chi connectivity index (χ2n) is 4.74. The average Bonchev–Trinajstić information content (AvgIpc) is 2.89. The lowest BCUT2D eigenvalue weighted by molar-refractivity contribution is 0.176. The highest BCUT2D eigenvalue weighted by molar-refractivity contribution is 7.11. The van der Waals surface area contributed by atoms with Crippen LogP contribution < -0.4 is 5.32 Å². The van der Waals surface area contributed by atoms with Crippen molar-refractivity contribution in [2.75, 3.05) is 19.8 Å². The van der Waals surface area contributed by atoms with E-state index in [9.17, 15) is 0 Å². The van der Waals surface area contributed by atoms with E-state index in [2.05, 4.69) is 31.1 Å². The van der Waals surface area contributed by atoms with Crippen molar-refractivity contribution in [2.24, 2.45) is 5.92 Å². The van der Waals surface area contributed by atoms with Crippen molar-refractivity contribution < 1.29 is 4.74 Å². The summed E-state index contributed by atoms with van der Waals surface area (Å²) in [4.78, 5) is 5.99. The minimum atomic E-state index is 0.521. The monoisotopic (exact) mass is 254 g/mol. The molecule has 0 amide bonds. The highest BCUT2D eigenvalue weighted by Crippen LogP contribution is 2.23. The lowest BCUT2D eigenvalue weighted by atomic mass is 9.96. The molecule has 1 aromatic rings. The zero-order valence-electron chi connectivity index (χ0n) is 11.0. The van der Waals surface area contributed by atoms with E-state index in [1.807, 2.05) is 11.3 Å². The third kappa shape index (κ3) is 3.27. The second kappa shape index (κ2) is 5.94. The number of rotatable bonds is 5. The summed E-state index contributed by atoms with van der Waals surface area (Å²) in [6, 6.07) is 0.521. The zero-order valence-corrected chi connectivity index (χ0v) is 11.8. The van der Waals surface area contributed by atoms with Gasteiger partial charge in [0.1, 0.15) is 0 Å². The van der Waals surface area contributed by atoms with Crippen LogP contribution in [0.1, 0.15) is 28.9 Å². The van der Waals surface area contributed by atoms with Gasteiger partial charge in [-0.1, -0.05) is 6.92 Å². The van der Waals surface area contributed by atoms with Crippen LogP contribution in [0.25, 0.3) is 0 Å². The Labute approximate surface area is 108 Å². The van der Waals surface area contributed by atoms with Gasteiger partial charge in [-0.2, -0.15) is 0 Å². The molecular formula is C13H22N2OS. The molecule has 4 heteroatoms. The molecule has 0 aliphatic carbocycles. The van der Waals surface area contributed by atoms with E-state index < -0.39 is 0 Å². The summed E-state index contributed by atoms with van der Waals surface area (Å²) in [7, 11) is 0. The number of likely N-dealkylation sites (N-methyl/N-ethyl adjacent to an activating group) is 1. The van der Waals surface area contributed by atoms with Gasteiger partial charge in [0.05, 0.1) is 17.3 Å². The normalized spacial score (nSPS) is 21.9. The molecule has 1 aromatic heterocycles.